The van der Waals surface area contributed by atoms with E-state index in [1.165, 1.54) is 4.68 Å². The number of benzene rings is 1. The van der Waals surface area contributed by atoms with E-state index >= 15 is 0 Å². The van der Waals surface area contributed by atoms with Crippen molar-refractivity contribution >= 4 is 19.2 Å². The average Bonchev–Trinajstić information content (AvgIpc) is 3.50. The molecule has 3 atom stereocenters. The highest BCUT2D eigenvalue weighted by Gasteiger charge is 2.39. The maximum atomic E-state index is 14.9. The van der Waals surface area contributed by atoms with Gasteiger partial charge in [0.1, 0.15) is 11.4 Å². The largest absolute Gasteiger partial charge is 0.543 e. The number of aromatic nitrogens is 4. The molecule has 0 bridgehead atoms. The zero-order valence-electron chi connectivity index (χ0n) is 24.0. The van der Waals surface area contributed by atoms with Crippen LogP contribution in [0.25, 0.3) is 22.2 Å². The third kappa shape index (κ3) is 7.26. The Morgan fingerprint density at radius 2 is 1.92 bits per heavy atom. The van der Waals surface area contributed by atoms with Gasteiger partial charge in [0.05, 0.1) is 44.2 Å². The van der Waals surface area contributed by atoms with Crippen molar-refractivity contribution in [3.63, 3.8) is 0 Å². The smallest absolute Gasteiger partial charge is 0.250 e. The lowest BCUT2D eigenvalue weighted by Gasteiger charge is -2.36. The van der Waals surface area contributed by atoms with Crippen molar-refractivity contribution in [1.82, 2.24) is 19.6 Å². The van der Waals surface area contributed by atoms with Crippen molar-refractivity contribution in [1.29, 1.82) is 0 Å². The summed E-state index contributed by atoms with van der Waals surface area (Å²) in [7, 11) is -2.05. The number of aliphatic hydroxyl groups is 1. The van der Waals surface area contributed by atoms with Gasteiger partial charge in [-0.3, -0.25) is 0 Å². The van der Waals surface area contributed by atoms with Crippen LogP contribution in [0.1, 0.15) is 59.5 Å². The molecule has 0 amide bonds. The minimum Gasteiger partial charge on any atom is -0.543 e. The molecule has 9 nitrogen and oxygen atoms in total. The van der Waals surface area contributed by atoms with Crippen molar-refractivity contribution < 1.29 is 28.1 Å². The Labute approximate surface area is 231 Å². The lowest BCUT2D eigenvalue weighted by atomic mass is 10.1. The van der Waals surface area contributed by atoms with Gasteiger partial charge in [0, 0.05) is 23.8 Å². The number of rotatable bonds is 12. The highest BCUT2D eigenvalue weighted by Crippen LogP contribution is 2.40. The molecule has 1 aliphatic rings. The van der Waals surface area contributed by atoms with Gasteiger partial charge >= 0.3 is 0 Å². The van der Waals surface area contributed by atoms with Crippen LogP contribution in [0.4, 0.5) is 4.39 Å². The van der Waals surface area contributed by atoms with Crippen LogP contribution in [-0.4, -0.2) is 72.1 Å². The summed E-state index contributed by atoms with van der Waals surface area (Å²) in [6.45, 7) is 14.0. The first-order valence-electron chi connectivity index (χ1n) is 13.8. The van der Waals surface area contributed by atoms with Crippen molar-refractivity contribution in [3.05, 3.63) is 30.6 Å². The molecule has 216 valence electrons. The van der Waals surface area contributed by atoms with E-state index < -0.39 is 20.7 Å². The van der Waals surface area contributed by atoms with Crippen LogP contribution >= 0.6 is 0 Å². The summed E-state index contributed by atoms with van der Waals surface area (Å²) in [6.07, 6.45) is 4.17. The quantitative estimate of drug-likeness (QED) is 0.218. The molecular weight excluding hydrogens is 519 g/mol. The first kappa shape index (κ1) is 29.7. The maximum Gasteiger partial charge on any atom is 0.250 e. The molecule has 11 heteroatoms. The molecule has 3 aromatic rings. The van der Waals surface area contributed by atoms with E-state index in [4.69, 9.17) is 23.7 Å². The van der Waals surface area contributed by atoms with Crippen LogP contribution in [0.3, 0.4) is 0 Å². The van der Waals surface area contributed by atoms with Crippen molar-refractivity contribution in [2.75, 3.05) is 33.0 Å². The van der Waals surface area contributed by atoms with Crippen LogP contribution in [0.15, 0.2) is 30.6 Å². The van der Waals surface area contributed by atoms with Crippen LogP contribution in [-0.2, 0) is 14.2 Å². The van der Waals surface area contributed by atoms with Gasteiger partial charge in [-0.1, -0.05) is 20.8 Å². The molecule has 0 saturated carbocycles. The van der Waals surface area contributed by atoms with Crippen LogP contribution in [0, 0.1) is 0 Å². The predicted octanol–water partition coefficient (Wildman–Crippen LogP) is 5.87. The summed E-state index contributed by atoms with van der Waals surface area (Å²) in [5.41, 5.74) is 2.37. The Kier molecular flexibility index (Phi) is 9.48. The minimum atomic E-state index is -2.05. The van der Waals surface area contributed by atoms with Gasteiger partial charge in [-0.2, -0.15) is 10.2 Å². The molecule has 2 aromatic heterocycles. The normalized spacial score (nSPS) is 18.4. The summed E-state index contributed by atoms with van der Waals surface area (Å²) in [5.74, 6) is 0.807. The van der Waals surface area contributed by atoms with E-state index in [0.717, 1.165) is 35.9 Å². The number of fused-ring (bicyclic) bond motifs is 1. The molecule has 2 unspecified atom stereocenters. The summed E-state index contributed by atoms with van der Waals surface area (Å²) in [6, 6.07) is 6.09. The molecule has 0 spiro atoms. The zero-order valence-corrected chi connectivity index (χ0v) is 25.0. The number of halogens is 1. The number of hydrogen-bond acceptors (Lipinski definition) is 7. The van der Waals surface area contributed by atoms with Crippen molar-refractivity contribution in [2.45, 2.75) is 83.7 Å². The van der Waals surface area contributed by atoms with E-state index in [0.29, 0.717) is 17.9 Å². The molecule has 0 radical (unpaired) electrons. The number of ether oxygens (including phenoxy) is 3. The van der Waals surface area contributed by atoms with Gasteiger partial charge in [-0.25, -0.2) is 13.8 Å². The fourth-order valence-electron chi connectivity index (χ4n) is 4.22. The second kappa shape index (κ2) is 12.5. The Bertz CT molecular complexity index is 1220. The Balaban J connectivity index is 1.57. The van der Waals surface area contributed by atoms with Crippen LogP contribution in [0.5, 0.6) is 5.75 Å². The van der Waals surface area contributed by atoms with E-state index in [1.807, 2.05) is 22.9 Å². The van der Waals surface area contributed by atoms with Crippen molar-refractivity contribution in [3.8, 4) is 17.0 Å². The summed E-state index contributed by atoms with van der Waals surface area (Å²) >= 11 is 0. The Morgan fingerprint density at radius 1 is 1.18 bits per heavy atom. The van der Waals surface area contributed by atoms with Gasteiger partial charge in [-0.05, 0) is 62.5 Å². The van der Waals surface area contributed by atoms with Gasteiger partial charge in [0.2, 0.25) is 14.6 Å². The first-order valence-corrected chi connectivity index (χ1v) is 16.7. The first-order chi connectivity index (χ1) is 18.5. The summed E-state index contributed by atoms with van der Waals surface area (Å²) in [4.78, 5) is 0. The Morgan fingerprint density at radius 3 is 2.59 bits per heavy atom. The van der Waals surface area contributed by atoms with Gasteiger partial charge in [-0.15, -0.1) is 0 Å². The van der Waals surface area contributed by atoms with E-state index in [-0.39, 0.29) is 37.7 Å². The molecule has 1 saturated heterocycles. The van der Waals surface area contributed by atoms with Gasteiger partial charge in [0.25, 0.3) is 0 Å². The van der Waals surface area contributed by atoms with Crippen LogP contribution < -0.4 is 4.43 Å². The van der Waals surface area contributed by atoms with Crippen molar-refractivity contribution in [2.24, 2.45) is 0 Å². The molecule has 1 N–H and O–H groups in total. The number of nitrogens with zero attached hydrogens (tertiary/aromatic N) is 4. The highest BCUT2D eigenvalue weighted by molar-refractivity contribution is 6.74. The van der Waals surface area contributed by atoms with E-state index in [9.17, 15) is 9.50 Å². The summed E-state index contributed by atoms with van der Waals surface area (Å²) in [5, 5.41) is 19.4. The second-order valence-corrected chi connectivity index (χ2v) is 16.5. The molecular formula is C28H43FN4O5Si. The predicted molar refractivity (Wildman–Crippen MR) is 151 cm³/mol. The van der Waals surface area contributed by atoms with Gasteiger partial charge < -0.3 is 23.7 Å². The van der Waals surface area contributed by atoms with E-state index in [1.54, 1.807) is 19.3 Å². The summed E-state index contributed by atoms with van der Waals surface area (Å²) < 4.78 is 41.4. The molecule has 1 aliphatic heterocycles. The topological polar surface area (TPSA) is 92.8 Å². The Hall–Kier alpha value is -2.31. The zero-order chi connectivity index (χ0) is 28.2. The maximum absolute atomic E-state index is 14.9. The average molecular weight is 563 g/mol. The van der Waals surface area contributed by atoms with Crippen LogP contribution in [0.2, 0.25) is 18.1 Å². The SMILES string of the molecule is C[C@H](O)COCCOCC(F)n1cc(-c2nn(C3CCCCO3)c3ccc(O[Si](C)(C)C(C)(C)C)cc23)cn1. The number of alkyl halides is 1. The minimum absolute atomic E-state index is 0.0631. The fraction of sp³-hybridized carbons (Fsp3) is 0.643. The molecule has 3 heterocycles. The molecule has 1 fully saturated rings. The van der Waals surface area contributed by atoms with E-state index in [2.05, 4.69) is 39.0 Å². The van der Waals surface area contributed by atoms with Gasteiger partial charge in [0.15, 0.2) is 6.23 Å². The third-order valence-corrected chi connectivity index (χ3v) is 11.8. The molecule has 1 aromatic carbocycles. The number of aliphatic hydroxyl groups excluding tert-OH is 1. The molecule has 4 rings (SSSR count). The third-order valence-electron chi connectivity index (χ3n) is 7.43. The molecule has 39 heavy (non-hydrogen) atoms. The lowest BCUT2D eigenvalue weighted by Crippen LogP contribution is -2.43. The highest BCUT2D eigenvalue weighted by atomic mass is 28.4. The monoisotopic (exact) mass is 562 g/mol. The lowest BCUT2D eigenvalue weighted by molar-refractivity contribution is -0.0365. The molecule has 0 aliphatic carbocycles. The number of hydrogen-bond donors (Lipinski definition) is 1. The standard InChI is InChI=1S/C28H43FN4O5Si/c1-20(34)18-35-13-14-36-19-25(29)32-17-21(16-30-32)27-23-15-22(38-39(5,6)28(2,3)4)10-11-24(23)33(31-27)26-9-7-8-12-37-26/h10-11,15-17,20,25-26,34H,7-9,12-14,18-19H2,1-6H3/t20-,25?,26?/m0/s1. The fourth-order valence-corrected chi connectivity index (χ4v) is 5.25. The second-order valence-electron chi connectivity index (χ2n) is 11.8.